The summed E-state index contributed by atoms with van der Waals surface area (Å²) in [6, 6.07) is 5.56. The Labute approximate surface area is 146 Å². The Kier molecular flexibility index (Phi) is 6.72. The molecular weight excluding hydrogens is 337 g/mol. The molecule has 0 saturated carbocycles. The first-order chi connectivity index (χ1) is 11.0. The molecule has 1 amide bonds. The van der Waals surface area contributed by atoms with E-state index in [-0.39, 0.29) is 24.3 Å². The van der Waals surface area contributed by atoms with Gasteiger partial charge in [0.25, 0.3) is 0 Å². The van der Waals surface area contributed by atoms with Gasteiger partial charge >= 0.3 is 5.97 Å². The van der Waals surface area contributed by atoms with E-state index in [1.54, 1.807) is 13.0 Å². The Balaban J connectivity index is 1.94. The minimum atomic E-state index is -0.247. The largest absolute Gasteiger partial charge is 0.466 e. The summed E-state index contributed by atoms with van der Waals surface area (Å²) < 4.78 is 4.87. The van der Waals surface area contributed by atoms with E-state index >= 15 is 0 Å². The highest BCUT2D eigenvalue weighted by molar-refractivity contribution is 6.42. The second-order valence-electron chi connectivity index (χ2n) is 5.58. The molecule has 2 rings (SSSR count). The number of esters is 1. The number of nitrogens with zero attached hydrogens (tertiary/aromatic N) is 1. The van der Waals surface area contributed by atoms with Crippen molar-refractivity contribution in [3.63, 3.8) is 0 Å². The molecule has 1 aliphatic heterocycles. The van der Waals surface area contributed by atoms with E-state index in [4.69, 9.17) is 27.9 Å². The summed E-state index contributed by atoms with van der Waals surface area (Å²) in [7, 11) is 0. The van der Waals surface area contributed by atoms with Gasteiger partial charge in [-0.15, -0.1) is 0 Å². The number of halogens is 2. The quantitative estimate of drug-likeness (QED) is 0.709. The van der Waals surface area contributed by atoms with Gasteiger partial charge in [0.2, 0.25) is 5.91 Å². The molecule has 1 aromatic carbocycles. The third-order valence-corrected chi connectivity index (χ3v) is 4.72. The van der Waals surface area contributed by atoms with Crippen molar-refractivity contribution >= 4 is 35.1 Å². The second kappa shape index (κ2) is 8.55. The average molecular weight is 358 g/mol. The fourth-order valence-corrected chi connectivity index (χ4v) is 3.20. The number of rotatable bonds is 6. The number of hydrogen-bond donors (Lipinski definition) is 0. The lowest BCUT2D eigenvalue weighted by Crippen LogP contribution is -2.30. The Morgan fingerprint density at radius 3 is 2.74 bits per heavy atom. The van der Waals surface area contributed by atoms with Gasteiger partial charge in [0.1, 0.15) is 0 Å². The maximum Gasteiger partial charge on any atom is 0.305 e. The van der Waals surface area contributed by atoms with E-state index in [0.29, 0.717) is 29.5 Å². The molecular formula is C17H21Cl2NO3. The predicted molar refractivity (Wildman–Crippen MR) is 90.6 cm³/mol. The maximum atomic E-state index is 12.4. The van der Waals surface area contributed by atoms with Crippen LogP contribution in [0.3, 0.4) is 0 Å². The zero-order valence-corrected chi connectivity index (χ0v) is 14.7. The molecule has 1 atom stereocenters. The number of carbonyl (C=O) groups excluding carboxylic acids is 2. The molecule has 0 N–H and O–H groups in total. The Morgan fingerprint density at radius 2 is 2.04 bits per heavy atom. The summed E-state index contributed by atoms with van der Waals surface area (Å²) >= 11 is 12.0. The Bertz CT molecular complexity index is 577. The highest BCUT2D eigenvalue weighted by Crippen LogP contribution is 2.35. The smallest absolute Gasteiger partial charge is 0.305 e. The highest BCUT2D eigenvalue weighted by Gasteiger charge is 2.29. The minimum Gasteiger partial charge on any atom is -0.466 e. The van der Waals surface area contributed by atoms with Crippen LogP contribution in [0.5, 0.6) is 0 Å². The maximum absolute atomic E-state index is 12.4. The number of amides is 1. The number of hydrogen-bond acceptors (Lipinski definition) is 3. The Morgan fingerprint density at radius 1 is 1.26 bits per heavy atom. The van der Waals surface area contributed by atoms with Crippen LogP contribution in [0, 0.1) is 0 Å². The van der Waals surface area contributed by atoms with Crippen molar-refractivity contribution in [2.24, 2.45) is 0 Å². The SMILES string of the molecule is CCOC(=O)CCCC(=O)N1CCC[C@H]1c1ccc(Cl)c(Cl)c1. The predicted octanol–water partition coefficient (Wildman–Crippen LogP) is 4.39. The van der Waals surface area contributed by atoms with Crippen LogP contribution in [-0.2, 0) is 14.3 Å². The molecule has 1 aliphatic rings. The molecule has 0 aromatic heterocycles. The summed E-state index contributed by atoms with van der Waals surface area (Å²) in [5, 5.41) is 1.02. The summed E-state index contributed by atoms with van der Waals surface area (Å²) in [6.45, 7) is 2.89. The highest BCUT2D eigenvalue weighted by atomic mass is 35.5. The molecule has 0 aliphatic carbocycles. The molecule has 1 fully saturated rings. The van der Waals surface area contributed by atoms with Gasteiger partial charge in [-0.25, -0.2) is 0 Å². The van der Waals surface area contributed by atoms with E-state index in [2.05, 4.69) is 0 Å². The molecule has 0 spiro atoms. The van der Waals surface area contributed by atoms with Crippen molar-refractivity contribution in [1.82, 2.24) is 4.90 Å². The van der Waals surface area contributed by atoms with Crippen molar-refractivity contribution in [3.8, 4) is 0 Å². The number of likely N-dealkylation sites (tertiary alicyclic amines) is 1. The molecule has 23 heavy (non-hydrogen) atoms. The second-order valence-corrected chi connectivity index (χ2v) is 6.39. The fourth-order valence-electron chi connectivity index (χ4n) is 2.89. The Hall–Kier alpha value is -1.26. The summed E-state index contributed by atoms with van der Waals surface area (Å²) in [5.74, 6) is -0.175. The standard InChI is InChI=1S/C17H21Cl2NO3/c1-2-23-17(22)7-3-6-16(21)20-10-4-5-15(20)12-8-9-13(18)14(19)11-12/h8-9,11,15H,2-7,10H2,1H3/t15-/m0/s1. The van der Waals surface area contributed by atoms with E-state index in [0.717, 1.165) is 24.9 Å². The van der Waals surface area contributed by atoms with Gasteiger partial charge in [-0.05, 0) is 43.9 Å². The van der Waals surface area contributed by atoms with Crippen LogP contribution in [0.15, 0.2) is 18.2 Å². The number of ether oxygens (including phenoxy) is 1. The van der Waals surface area contributed by atoms with E-state index in [9.17, 15) is 9.59 Å². The molecule has 6 heteroatoms. The lowest BCUT2D eigenvalue weighted by Gasteiger charge is -2.25. The third kappa shape index (κ3) is 4.85. The van der Waals surface area contributed by atoms with E-state index < -0.39 is 0 Å². The molecule has 1 saturated heterocycles. The number of carbonyl (C=O) groups is 2. The van der Waals surface area contributed by atoms with Crippen molar-refractivity contribution in [2.45, 2.75) is 45.1 Å². The molecule has 0 unspecified atom stereocenters. The number of benzene rings is 1. The molecule has 0 radical (unpaired) electrons. The summed E-state index contributed by atoms with van der Waals surface area (Å²) in [6.07, 6.45) is 3.04. The van der Waals surface area contributed by atoms with Crippen LogP contribution in [0.2, 0.25) is 10.0 Å². The van der Waals surface area contributed by atoms with Crippen molar-refractivity contribution in [3.05, 3.63) is 33.8 Å². The fraction of sp³-hybridized carbons (Fsp3) is 0.529. The van der Waals surface area contributed by atoms with Crippen molar-refractivity contribution in [2.75, 3.05) is 13.2 Å². The van der Waals surface area contributed by atoms with Crippen LogP contribution in [-0.4, -0.2) is 29.9 Å². The monoisotopic (exact) mass is 357 g/mol. The van der Waals surface area contributed by atoms with Gasteiger partial charge in [0.15, 0.2) is 0 Å². The van der Waals surface area contributed by atoms with Gasteiger partial charge in [-0.1, -0.05) is 29.3 Å². The van der Waals surface area contributed by atoms with Crippen molar-refractivity contribution in [1.29, 1.82) is 0 Å². The first kappa shape index (κ1) is 18.1. The zero-order chi connectivity index (χ0) is 16.8. The average Bonchev–Trinajstić information content (AvgIpc) is 3.00. The van der Waals surface area contributed by atoms with Crippen LogP contribution in [0.4, 0.5) is 0 Å². The molecule has 1 heterocycles. The third-order valence-electron chi connectivity index (χ3n) is 3.98. The first-order valence-electron chi connectivity index (χ1n) is 7.93. The lowest BCUT2D eigenvalue weighted by atomic mass is 10.0. The van der Waals surface area contributed by atoms with Crippen LogP contribution in [0.25, 0.3) is 0 Å². The van der Waals surface area contributed by atoms with Gasteiger partial charge in [0.05, 0.1) is 22.7 Å². The first-order valence-corrected chi connectivity index (χ1v) is 8.68. The minimum absolute atomic E-state index is 0.0415. The molecule has 0 bridgehead atoms. The topological polar surface area (TPSA) is 46.6 Å². The van der Waals surface area contributed by atoms with Crippen LogP contribution < -0.4 is 0 Å². The van der Waals surface area contributed by atoms with Gasteiger partial charge in [0, 0.05) is 19.4 Å². The van der Waals surface area contributed by atoms with Crippen molar-refractivity contribution < 1.29 is 14.3 Å². The zero-order valence-electron chi connectivity index (χ0n) is 13.2. The van der Waals surface area contributed by atoms with E-state index in [1.807, 2.05) is 17.0 Å². The lowest BCUT2D eigenvalue weighted by molar-refractivity contribution is -0.143. The summed E-state index contributed by atoms with van der Waals surface area (Å²) in [5.41, 5.74) is 1.01. The van der Waals surface area contributed by atoms with E-state index in [1.165, 1.54) is 0 Å². The van der Waals surface area contributed by atoms with Crippen LogP contribution >= 0.6 is 23.2 Å². The summed E-state index contributed by atoms with van der Waals surface area (Å²) in [4.78, 5) is 25.6. The normalized spacial score (nSPS) is 17.3. The molecule has 126 valence electrons. The molecule has 4 nitrogen and oxygen atoms in total. The van der Waals surface area contributed by atoms with Gasteiger partial charge < -0.3 is 9.64 Å². The van der Waals surface area contributed by atoms with Gasteiger partial charge in [-0.2, -0.15) is 0 Å². The van der Waals surface area contributed by atoms with Crippen LogP contribution in [0.1, 0.15) is 50.6 Å². The van der Waals surface area contributed by atoms with Gasteiger partial charge in [-0.3, -0.25) is 9.59 Å². The molecule has 1 aromatic rings.